The fraction of sp³-hybridized carbons (Fsp3) is 0.400. The van der Waals surface area contributed by atoms with Crippen molar-refractivity contribution in [3.63, 3.8) is 0 Å². The van der Waals surface area contributed by atoms with Gasteiger partial charge in [0.15, 0.2) is 0 Å². The van der Waals surface area contributed by atoms with Crippen molar-refractivity contribution in [1.82, 2.24) is 9.78 Å². The van der Waals surface area contributed by atoms with Crippen LogP contribution < -0.4 is 5.73 Å². The van der Waals surface area contributed by atoms with Gasteiger partial charge in [-0.2, -0.15) is 5.10 Å². The van der Waals surface area contributed by atoms with Crippen LogP contribution in [0.2, 0.25) is 0 Å². The van der Waals surface area contributed by atoms with Crippen LogP contribution in [0.25, 0.3) is 0 Å². The monoisotopic (exact) mass is 243 g/mol. The summed E-state index contributed by atoms with van der Waals surface area (Å²) in [6.45, 7) is 4.25. The van der Waals surface area contributed by atoms with Crippen molar-refractivity contribution in [3.8, 4) is 0 Å². The van der Waals surface area contributed by atoms with Crippen LogP contribution in [0.5, 0.6) is 0 Å². The second-order valence-electron chi connectivity index (χ2n) is 4.80. The van der Waals surface area contributed by atoms with Crippen LogP contribution in [0.4, 0.5) is 0 Å². The first kappa shape index (κ1) is 12.8. The molecule has 96 valence electrons. The van der Waals surface area contributed by atoms with Crippen molar-refractivity contribution in [2.75, 3.05) is 0 Å². The van der Waals surface area contributed by atoms with Crippen molar-refractivity contribution >= 4 is 0 Å². The van der Waals surface area contributed by atoms with Crippen LogP contribution in [-0.2, 0) is 19.9 Å². The van der Waals surface area contributed by atoms with Crippen molar-refractivity contribution in [2.24, 2.45) is 12.8 Å². The summed E-state index contributed by atoms with van der Waals surface area (Å²) in [5.74, 6) is 0. The molecule has 2 N–H and O–H groups in total. The van der Waals surface area contributed by atoms with Gasteiger partial charge in [-0.25, -0.2) is 0 Å². The quantitative estimate of drug-likeness (QED) is 0.896. The second kappa shape index (κ2) is 5.36. The van der Waals surface area contributed by atoms with E-state index < -0.39 is 0 Å². The van der Waals surface area contributed by atoms with Gasteiger partial charge in [0.25, 0.3) is 0 Å². The number of nitrogens with zero attached hydrogens (tertiary/aromatic N) is 2. The van der Waals surface area contributed by atoms with Crippen LogP contribution >= 0.6 is 0 Å². The SMILES string of the molecule is CCc1nn(C)cc1C(N)Cc1ccccc1C. The number of benzene rings is 1. The Morgan fingerprint density at radius 3 is 2.72 bits per heavy atom. The molecule has 2 rings (SSSR count). The van der Waals surface area contributed by atoms with Gasteiger partial charge in [0.05, 0.1) is 5.69 Å². The normalized spacial score (nSPS) is 12.7. The highest BCUT2D eigenvalue weighted by atomic mass is 15.3. The van der Waals surface area contributed by atoms with Gasteiger partial charge in [-0.3, -0.25) is 4.68 Å². The standard InChI is InChI=1S/C15H21N3/c1-4-15-13(10-18(3)17-15)14(16)9-12-8-6-5-7-11(12)2/h5-8,10,14H,4,9,16H2,1-3H3. The predicted octanol–water partition coefficient (Wildman–Crippen LogP) is 2.53. The van der Waals surface area contributed by atoms with Gasteiger partial charge in [0, 0.05) is 24.8 Å². The molecule has 1 heterocycles. The minimum atomic E-state index is 0.0229. The maximum absolute atomic E-state index is 6.33. The number of aryl methyl sites for hydroxylation is 3. The third-order valence-corrected chi connectivity index (χ3v) is 3.37. The first-order valence-corrected chi connectivity index (χ1v) is 6.44. The smallest absolute Gasteiger partial charge is 0.0669 e. The van der Waals surface area contributed by atoms with Gasteiger partial charge in [0.1, 0.15) is 0 Å². The summed E-state index contributed by atoms with van der Waals surface area (Å²) in [7, 11) is 1.95. The van der Waals surface area contributed by atoms with E-state index in [4.69, 9.17) is 5.73 Å². The highest BCUT2D eigenvalue weighted by Gasteiger charge is 2.15. The van der Waals surface area contributed by atoms with Crippen molar-refractivity contribution in [1.29, 1.82) is 0 Å². The summed E-state index contributed by atoms with van der Waals surface area (Å²) < 4.78 is 1.85. The summed E-state index contributed by atoms with van der Waals surface area (Å²) in [5.41, 5.74) is 11.2. The largest absolute Gasteiger partial charge is 0.324 e. The Morgan fingerprint density at radius 2 is 2.06 bits per heavy atom. The Labute approximate surface area is 109 Å². The third kappa shape index (κ3) is 2.62. The zero-order valence-corrected chi connectivity index (χ0v) is 11.4. The van der Waals surface area contributed by atoms with Crippen LogP contribution in [0.3, 0.4) is 0 Å². The lowest BCUT2D eigenvalue weighted by atomic mass is 9.96. The van der Waals surface area contributed by atoms with Crippen molar-refractivity contribution < 1.29 is 0 Å². The van der Waals surface area contributed by atoms with E-state index in [9.17, 15) is 0 Å². The van der Waals surface area contributed by atoms with E-state index >= 15 is 0 Å². The Hall–Kier alpha value is -1.61. The van der Waals surface area contributed by atoms with E-state index in [0.717, 1.165) is 18.5 Å². The highest BCUT2D eigenvalue weighted by molar-refractivity contribution is 5.29. The maximum atomic E-state index is 6.33. The Morgan fingerprint density at radius 1 is 1.33 bits per heavy atom. The summed E-state index contributed by atoms with van der Waals surface area (Å²) in [5, 5.41) is 4.45. The lowest BCUT2D eigenvalue weighted by Crippen LogP contribution is -2.15. The molecule has 0 fully saturated rings. The number of hydrogen-bond donors (Lipinski definition) is 1. The minimum absolute atomic E-state index is 0.0229. The summed E-state index contributed by atoms with van der Waals surface area (Å²) in [4.78, 5) is 0. The Balaban J connectivity index is 2.21. The fourth-order valence-electron chi connectivity index (χ4n) is 2.32. The van der Waals surface area contributed by atoms with E-state index in [0.29, 0.717) is 0 Å². The third-order valence-electron chi connectivity index (χ3n) is 3.37. The van der Waals surface area contributed by atoms with Gasteiger partial charge in [-0.15, -0.1) is 0 Å². The lowest BCUT2D eigenvalue weighted by Gasteiger charge is -2.13. The molecule has 0 aliphatic rings. The molecule has 0 saturated carbocycles. The minimum Gasteiger partial charge on any atom is -0.324 e. The van der Waals surface area contributed by atoms with E-state index in [1.807, 2.05) is 17.9 Å². The molecule has 18 heavy (non-hydrogen) atoms. The molecule has 1 atom stereocenters. The number of aromatic nitrogens is 2. The van der Waals surface area contributed by atoms with Crippen molar-refractivity contribution in [3.05, 3.63) is 52.8 Å². The summed E-state index contributed by atoms with van der Waals surface area (Å²) >= 11 is 0. The lowest BCUT2D eigenvalue weighted by molar-refractivity contribution is 0.709. The van der Waals surface area contributed by atoms with Crippen LogP contribution in [0, 0.1) is 6.92 Å². The molecule has 0 saturated heterocycles. The zero-order chi connectivity index (χ0) is 13.1. The Kier molecular flexibility index (Phi) is 3.82. The van der Waals surface area contributed by atoms with E-state index in [1.165, 1.54) is 16.7 Å². The number of nitrogens with two attached hydrogens (primary N) is 1. The highest BCUT2D eigenvalue weighted by Crippen LogP contribution is 2.21. The summed E-state index contributed by atoms with van der Waals surface area (Å²) in [6.07, 6.45) is 3.84. The molecule has 2 aromatic rings. The molecule has 0 aliphatic carbocycles. The van der Waals surface area contributed by atoms with Gasteiger partial charge < -0.3 is 5.73 Å². The molecule has 0 spiro atoms. The van der Waals surface area contributed by atoms with Crippen molar-refractivity contribution in [2.45, 2.75) is 32.7 Å². The van der Waals surface area contributed by atoms with Crippen LogP contribution in [0.15, 0.2) is 30.5 Å². The first-order valence-electron chi connectivity index (χ1n) is 6.44. The predicted molar refractivity (Wildman–Crippen MR) is 74.4 cm³/mol. The Bertz CT molecular complexity index is 528. The van der Waals surface area contributed by atoms with E-state index in [1.54, 1.807) is 0 Å². The first-order chi connectivity index (χ1) is 8.61. The molecule has 0 bridgehead atoms. The van der Waals surface area contributed by atoms with Crippen LogP contribution in [-0.4, -0.2) is 9.78 Å². The summed E-state index contributed by atoms with van der Waals surface area (Å²) in [6, 6.07) is 8.43. The van der Waals surface area contributed by atoms with Crippen LogP contribution in [0.1, 0.15) is 35.3 Å². The van der Waals surface area contributed by atoms with E-state index in [-0.39, 0.29) is 6.04 Å². The zero-order valence-electron chi connectivity index (χ0n) is 11.4. The van der Waals surface area contributed by atoms with Gasteiger partial charge >= 0.3 is 0 Å². The average molecular weight is 243 g/mol. The molecule has 3 heteroatoms. The molecule has 1 aromatic carbocycles. The number of rotatable bonds is 4. The molecule has 0 aliphatic heterocycles. The topological polar surface area (TPSA) is 43.8 Å². The molecular weight excluding hydrogens is 222 g/mol. The van der Waals surface area contributed by atoms with Gasteiger partial charge in [-0.05, 0) is 30.9 Å². The molecule has 1 aromatic heterocycles. The molecule has 0 radical (unpaired) electrons. The molecule has 1 unspecified atom stereocenters. The molecule has 0 amide bonds. The van der Waals surface area contributed by atoms with Gasteiger partial charge in [-0.1, -0.05) is 31.2 Å². The average Bonchev–Trinajstić information content (AvgIpc) is 2.73. The fourth-order valence-corrected chi connectivity index (χ4v) is 2.32. The molecule has 3 nitrogen and oxygen atoms in total. The molecular formula is C15H21N3. The van der Waals surface area contributed by atoms with E-state index in [2.05, 4.69) is 43.2 Å². The number of hydrogen-bond acceptors (Lipinski definition) is 2. The maximum Gasteiger partial charge on any atom is 0.0669 e. The van der Waals surface area contributed by atoms with Gasteiger partial charge in [0.2, 0.25) is 0 Å². The second-order valence-corrected chi connectivity index (χ2v) is 4.80.